The number of imidazole rings is 1. The zero-order valence-electron chi connectivity index (χ0n) is 21.2. The number of pyridine rings is 2. The van der Waals surface area contributed by atoms with Gasteiger partial charge in [-0.2, -0.15) is 0 Å². The predicted octanol–water partition coefficient (Wildman–Crippen LogP) is 4.48. The molecule has 2 N–H and O–H groups in total. The van der Waals surface area contributed by atoms with Crippen LogP contribution in [-0.2, 0) is 11.3 Å². The van der Waals surface area contributed by atoms with Gasteiger partial charge in [-0.3, -0.25) is 4.79 Å². The number of hydrogen-bond acceptors (Lipinski definition) is 5. The average Bonchev–Trinajstić information content (AvgIpc) is 3.43. The summed E-state index contributed by atoms with van der Waals surface area (Å²) < 4.78 is 7.16. The van der Waals surface area contributed by atoms with E-state index in [1.165, 1.54) is 5.56 Å². The lowest BCUT2D eigenvalue weighted by molar-refractivity contribution is -0.126. The molecule has 0 aliphatic carbocycles. The van der Waals surface area contributed by atoms with E-state index in [2.05, 4.69) is 32.7 Å². The lowest BCUT2D eigenvalue weighted by atomic mass is 9.89. The third kappa shape index (κ3) is 6.00. The van der Waals surface area contributed by atoms with Gasteiger partial charge < -0.3 is 24.7 Å². The maximum atomic E-state index is 12.7. The second-order valence-corrected chi connectivity index (χ2v) is 9.19. The van der Waals surface area contributed by atoms with Crippen molar-refractivity contribution in [3.8, 4) is 5.88 Å². The van der Waals surface area contributed by atoms with Crippen LogP contribution in [0, 0.1) is 0 Å². The summed E-state index contributed by atoms with van der Waals surface area (Å²) in [5, 5.41) is 5.77. The highest BCUT2D eigenvalue weighted by Gasteiger charge is 2.22. The Hall–Kier alpha value is -4.66. The fourth-order valence-electron chi connectivity index (χ4n) is 4.66. The standard InChI is InChI=1S/C29H30N6O3/c1-38-28-24(3-2-13-31-28)6-9-27(36)35-16-11-23(12-17-35)22-4-7-25(8-5-22)33-29(37)32-20-21-10-15-34-18-14-30-26(34)19-21/h2-10,13-15,18-19,23H,11-12,16-17,20H2,1H3,(H2,32,33,37)/b9-6+. The molecule has 1 aromatic carbocycles. The molecule has 0 bridgehead atoms. The van der Waals surface area contributed by atoms with Crippen molar-refractivity contribution in [1.29, 1.82) is 0 Å². The molecule has 0 spiro atoms. The zero-order valence-corrected chi connectivity index (χ0v) is 21.2. The third-order valence-corrected chi connectivity index (χ3v) is 6.76. The maximum absolute atomic E-state index is 12.7. The van der Waals surface area contributed by atoms with E-state index < -0.39 is 0 Å². The Labute approximate surface area is 221 Å². The Balaban J connectivity index is 1.08. The number of carbonyl (C=O) groups is 2. The van der Waals surface area contributed by atoms with Crippen LogP contribution in [0.25, 0.3) is 11.7 Å². The molecule has 9 heteroatoms. The van der Waals surface area contributed by atoms with Gasteiger partial charge in [0.15, 0.2) is 0 Å². The molecule has 5 rings (SSSR count). The monoisotopic (exact) mass is 510 g/mol. The Bertz CT molecular complexity index is 1440. The summed E-state index contributed by atoms with van der Waals surface area (Å²) in [6.45, 7) is 1.81. The summed E-state index contributed by atoms with van der Waals surface area (Å²) in [6, 6.07) is 15.3. The van der Waals surface area contributed by atoms with Gasteiger partial charge in [0.1, 0.15) is 5.65 Å². The van der Waals surface area contributed by atoms with E-state index in [0.717, 1.165) is 35.3 Å². The molecule has 0 saturated carbocycles. The number of nitrogens with one attached hydrogen (secondary N) is 2. The number of nitrogens with zero attached hydrogens (tertiary/aromatic N) is 4. The van der Waals surface area contributed by atoms with Crippen LogP contribution < -0.4 is 15.4 Å². The van der Waals surface area contributed by atoms with E-state index in [9.17, 15) is 9.59 Å². The number of anilines is 1. The first-order valence-electron chi connectivity index (χ1n) is 12.6. The number of benzene rings is 1. The Kier molecular flexibility index (Phi) is 7.63. The van der Waals surface area contributed by atoms with Crippen LogP contribution >= 0.6 is 0 Å². The first-order valence-corrected chi connectivity index (χ1v) is 12.6. The van der Waals surface area contributed by atoms with Gasteiger partial charge in [0, 0.05) is 61.7 Å². The van der Waals surface area contributed by atoms with Crippen molar-refractivity contribution in [3.63, 3.8) is 0 Å². The summed E-state index contributed by atoms with van der Waals surface area (Å²) in [7, 11) is 1.56. The normalized spacial score (nSPS) is 14.1. The summed E-state index contributed by atoms with van der Waals surface area (Å²) in [6.07, 6.45) is 12.3. The minimum atomic E-state index is -0.259. The highest BCUT2D eigenvalue weighted by atomic mass is 16.5. The quantitative estimate of drug-likeness (QED) is 0.357. The SMILES string of the molecule is COc1ncccc1/C=C/C(=O)N1CCC(c2ccc(NC(=O)NCc3ccn4ccnc4c3)cc2)CC1. The van der Waals surface area contributed by atoms with Gasteiger partial charge in [-0.1, -0.05) is 12.1 Å². The number of aromatic nitrogens is 3. The number of piperidine rings is 1. The minimum absolute atomic E-state index is 0.00961. The van der Waals surface area contributed by atoms with Crippen LogP contribution in [0.2, 0.25) is 0 Å². The molecular weight excluding hydrogens is 480 g/mol. The van der Waals surface area contributed by atoms with Crippen molar-refractivity contribution in [2.24, 2.45) is 0 Å². The van der Waals surface area contributed by atoms with Gasteiger partial charge in [0.25, 0.3) is 0 Å². The second-order valence-electron chi connectivity index (χ2n) is 9.19. The van der Waals surface area contributed by atoms with E-state index in [4.69, 9.17) is 4.74 Å². The number of fused-ring (bicyclic) bond motifs is 1. The van der Waals surface area contributed by atoms with E-state index >= 15 is 0 Å². The van der Waals surface area contributed by atoms with Gasteiger partial charge >= 0.3 is 6.03 Å². The number of rotatable bonds is 7. The van der Waals surface area contributed by atoms with Crippen LogP contribution in [0.15, 0.2) is 79.4 Å². The predicted molar refractivity (Wildman–Crippen MR) is 146 cm³/mol. The minimum Gasteiger partial charge on any atom is -0.481 e. The Morgan fingerprint density at radius 2 is 1.87 bits per heavy atom. The first-order chi connectivity index (χ1) is 18.6. The number of likely N-dealkylation sites (tertiary alicyclic amines) is 1. The number of urea groups is 1. The lowest BCUT2D eigenvalue weighted by Crippen LogP contribution is -2.36. The van der Waals surface area contributed by atoms with Crippen LogP contribution in [0.4, 0.5) is 10.5 Å². The molecule has 4 heterocycles. The van der Waals surface area contributed by atoms with Gasteiger partial charge in [-0.15, -0.1) is 0 Å². The Morgan fingerprint density at radius 3 is 2.66 bits per heavy atom. The number of ether oxygens (including phenoxy) is 1. The molecular formula is C29H30N6O3. The molecule has 3 aromatic heterocycles. The molecule has 0 radical (unpaired) electrons. The van der Waals surface area contributed by atoms with Crippen molar-refractivity contribution in [2.45, 2.75) is 25.3 Å². The Morgan fingerprint density at radius 1 is 1.05 bits per heavy atom. The van der Waals surface area contributed by atoms with Crippen LogP contribution in [-0.4, -0.2) is 51.4 Å². The van der Waals surface area contributed by atoms with Crippen LogP contribution in [0.3, 0.4) is 0 Å². The fourth-order valence-corrected chi connectivity index (χ4v) is 4.66. The summed E-state index contributed by atoms with van der Waals surface area (Å²) >= 11 is 0. The van der Waals surface area contributed by atoms with Gasteiger partial charge in [-0.05, 0) is 72.4 Å². The summed E-state index contributed by atoms with van der Waals surface area (Å²) in [5.74, 6) is 0.865. The van der Waals surface area contributed by atoms with E-state index in [-0.39, 0.29) is 11.9 Å². The number of methoxy groups -OCH3 is 1. The molecule has 3 amide bonds. The largest absolute Gasteiger partial charge is 0.481 e. The van der Waals surface area contributed by atoms with Gasteiger partial charge in [0.2, 0.25) is 11.8 Å². The highest BCUT2D eigenvalue weighted by Crippen LogP contribution is 2.29. The number of hydrogen-bond donors (Lipinski definition) is 2. The average molecular weight is 511 g/mol. The number of amides is 3. The van der Waals surface area contributed by atoms with Crippen molar-refractivity contribution >= 4 is 29.3 Å². The van der Waals surface area contributed by atoms with E-state index in [0.29, 0.717) is 31.4 Å². The molecule has 1 fully saturated rings. The maximum Gasteiger partial charge on any atom is 0.319 e. The third-order valence-electron chi connectivity index (χ3n) is 6.76. The van der Waals surface area contributed by atoms with E-state index in [1.807, 2.05) is 58.1 Å². The lowest BCUT2D eigenvalue weighted by Gasteiger charge is -2.31. The molecule has 0 atom stereocenters. The van der Waals surface area contributed by atoms with Crippen molar-refractivity contribution in [2.75, 3.05) is 25.5 Å². The van der Waals surface area contributed by atoms with Gasteiger partial charge in [-0.25, -0.2) is 14.8 Å². The summed E-state index contributed by atoms with van der Waals surface area (Å²) in [5.41, 5.74) is 4.55. The molecule has 1 aliphatic rings. The molecule has 9 nitrogen and oxygen atoms in total. The zero-order chi connectivity index (χ0) is 26.3. The van der Waals surface area contributed by atoms with Crippen molar-refractivity contribution < 1.29 is 14.3 Å². The molecule has 1 saturated heterocycles. The summed E-state index contributed by atoms with van der Waals surface area (Å²) in [4.78, 5) is 35.3. The molecule has 194 valence electrons. The topological polar surface area (TPSA) is 101 Å². The highest BCUT2D eigenvalue weighted by molar-refractivity contribution is 5.92. The number of carbonyl (C=O) groups excluding carboxylic acids is 2. The smallest absolute Gasteiger partial charge is 0.319 e. The fraction of sp³-hybridized carbons (Fsp3) is 0.241. The first kappa shape index (κ1) is 25.0. The molecule has 38 heavy (non-hydrogen) atoms. The van der Waals surface area contributed by atoms with Crippen molar-refractivity contribution in [3.05, 3.63) is 96.1 Å². The molecule has 0 unspecified atom stereocenters. The van der Waals surface area contributed by atoms with Crippen molar-refractivity contribution in [1.82, 2.24) is 24.6 Å². The van der Waals surface area contributed by atoms with Gasteiger partial charge in [0.05, 0.1) is 7.11 Å². The molecule has 4 aromatic rings. The van der Waals surface area contributed by atoms with Crippen LogP contribution in [0.5, 0.6) is 5.88 Å². The molecule has 1 aliphatic heterocycles. The van der Waals surface area contributed by atoms with Crippen LogP contribution in [0.1, 0.15) is 35.4 Å². The second kappa shape index (κ2) is 11.6. The van der Waals surface area contributed by atoms with E-state index in [1.54, 1.807) is 31.7 Å².